The number of rotatable bonds is 2. The minimum atomic E-state index is -0.385. The number of nitrogens with zero attached hydrogens (tertiary/aromatic N) is 3. The van der Waals surface area contributed by atoms with Gasteiger partial charge in [0.15, 0.2) is 11.2 Å². The number of aromatic amines is 1. The third-order valence-electron chi connectivity index (χ3n) is 5.17. The Hall–Kier alpha value is -3.48. The molecular weight excluding hydrogens is 342 g/mol. The van der Waals surface area contributed by atoms with Gasteiger partial charge in [-0.3, -0.25) is 9.59 Å². The minimum absolute atomic E-state index is 0.0445. The van der Waals surface area contributed by atoms with Crippen LogP contribution in [0.1, 0.15) is 39.6 Å². The van der Waals surface area contributed by atoms with Crippen molar-refractivity contribution < 1.29 is 4.79 Å². The Morgan fingerprint density at radius 1 is 1.26 bits per heavy atom. The molecule has 0 radical (unpaired) electrons. The van der Waals surface area contributed by atoms with Crippen molar-refractivity contribution >= 4 is 22.5 Å². The Bertz CT molecular complexity index is 1270. The SMILES string of the molecule is Cc1ccc2c(c1)[nH]c(=O)c1c(C(=O)NC3CCc4ccccc43)nnn12. The number of aryl methyl sites for hydroxylation is 2. The molecule has 1 unspecified atom stereocenters. The monoisotopic (exact) mass is 359 g/mol. The van der Waals surface area contributed by atoms with Crippen LogP contribution in [-0.4, -0.2) is 25.7 Å². The van der Waals surface area contributed by atoms with Crippen LogP contribution in [0.5, 0.6) is 0 Å². The number of benzene rings is 2. The van der Waals surface area contributed by atoms with Crippen molar-refractivity contribution in [3.8, 4) is 0 Å². The number of fused-ring (bicyclic) bond motifs is 4. The average Bonchev–Trinajstić information content (AvgIpc) is 3.27. The van der Waals surface area contributed by atoms with E-state index in [1.54, 1.807) is 0 Å². The number of carbonyl (C=O) groups excluding carboxylic acids is 1. The van der Waals surface area contributed by atoms with Crippen LogP contribution in [0.15, 0.2) is 47.3 Å². The summed E-state index contributed by atoms with van der Waals surface area (Å²) in [6.07, 6.45) is 1.76. The second-order valence-corrected chi connectivity index (χ2v) is 6.94. The van der Waals surface area contributed by atoms with Gasteiger partial charge in [0.2, 0.25) is 0 Å². The molecule has 0 spiro atoms. The van der Waals surface area contributed by atoms with Crippen molar-refractivity contribution in [1.82, 2.24) is 25.1 Å². The first-order chi connectivity index (χ1) is 13.1. The lowest BCUT2D eigenvalue weighted by Crippen LogP contribution is -2.28. The predicted octanol–water partition coefficient (Wildman–Crippen LogP) is 2.30. The molecule has 1 amide bonds. The zero-order valence-electron chi connectivity index (χ0n) is 14.7. The van der Waals surface area contributed by atoms with Crippen LogP contribution in [0.25, 0.3) is 16.6 Å². The third kappa shape index (κ3) is 2.43. The lowest BCUT2D eigenvalue weighted by Gasteiger charge is -2.13. The van der Waals surface area contributed by atoms with Gasteiger partial charge in [-0.2, -0.15) is 0 Å². The van der Waals surface area contributed by atoms with E-state index < -0.39 is 0 Å². The van der Waals surface area contributed by atoms with E-state index in [0.29, 0.717) is 11.0 Å². The van der Waals surface area contributed by atoms with Gasteiger partial charge in [-0.05, 0) is 48.6 Å². The van der Waals surface area contributed by atoms with Gasteiger partial charge >= 0.3 is 0 Å². The van der Waals surface area contributed by atoms with E-state index in [1.807, 2.05) is 43.3 Å². The van der Waals surface area contributed by atoms with Crippen molar-refractivity contribution in [3.63, 3.8) is 0 Å². The van der Waals surface area contributed by atoms with Crippen LogP contribution in [0.4, 0.5) is 0 Å². The molecule has 2 aromatic carbocycles. The van der Waals surface area contributed by atoms with Crippen molar-refractivity contribution in [2.24, 2.45) is 0 Å². The summed E-state index contributed by atoms with van der Waals surface area (Å²) >= 11 is 0. The van der Waals surface area contributed by atoms with E-state index in [-0.39, 0.29) is 28.7 Å². The fourth-order valence-corrected chi connectivity index (χ4v) is 3.86. The third-order valence-corrected chi connectivity index (χ3v) is 5.17. The first-order valence-corrected chi connectivity index (χ1v) is 8.88. The van der Waals surface area contributed by atoms with Gasteiger partial charge < -0.3 is 10.3 Å². The highest BCUT2D eigenvalue weighted by Crippen LogP contribution is 2.31. The molecular formula is C20H17N5O2. The highest BCUT2D eigenvalue weighted by molar-refractivity contribution is 5.99. The molecule has 0 saturated heterocycles. The predicted molar refractivity (Wildman–Crippen MR) is 101 cm³/mol. The van der Waals surface area contributed by atoms with E-state index in [2.05, 4.69) is 26.7 Å². The second kappa shape index (κ2) is 5.77. The lowest BCUT2D eigenvalue weighted by molar-refractivity contribution is 0.0933. The van der Waals surface area contributed by atoms with Crippen molar-refractivity contribution in [3.05, 3.63) is 75.2 Å². The maximum absolute atomic E-state index is 12.8. The van der Waals surface area contributed by atoms with Crippen molar-refractivity contribution in [1.29, 1.82) is 0 Å². The molecule has 0 fully saturated rings. The van der Waals surface area contributed by atoms with Gasteiger partial charge in [0.1, 0.15) is 0 Å². The maximum atomic E-state index is 12.8. The summed E-state index contributed by atoms with van der Waals surface area (Å²) in [6.45, 7) is 1.95. The summed E-state index contributed by atoms with van der Waals surface area (Å²) in [5.74, 6) is -0.385. The highest BCUT2D eigenvalue weighted by Gasteiger charge is 2.26. The smallest absolute Gasteiger partial charge is 0.277 e. The Morgan fingerprint density at radius 2 is 2.11 bits per heavy atom. The van der Waals surface area contributed by atoms with Crippen LogP contribution in [0.3, 0.4) is 0 Å². The molecule has 4 aromatic rings. The van der Waals surface area contributed by atoms with Gasteiger partial charge in [-0.25, -0.2) is 4.52 Å². The van der Waals surface area contributed by atoms with Crippen molar-refractivity contribution in [2.45, 2.75) is 25.8 Å². The topological polar surface area (TPSA) is 92.1 Å². The number of amides is 1. The molecule has 27 heavy (non-hydrogen) atoms. The average molecular weight is 359 g/mol. The molecule has 1 aliphatic carbocycles. The highest BCUT2D eigenvalue weighted by atomic mass is 16.2. The summed E-state index contributed by atoms with van der Waals surface area (Å²) in [7, 11) is 0. The molecule has 0 aliphatic heterocycles. The zero-order valence-corrected chi connectivity index (χ0v) is 14.7. The Morgan fingerprint density at radius 3 is 3.00 bits per heavy atom. The Labute approximate surface area is 154 Å². The Kier molecular flexibility index (Phi) is 3.36. The molecule has 1 aliphatic rings. The molecule has 134 valence electrons. The second-order valence-electron chi connectivity index (χ2n) is 6.94. The van der Waals surface area contributed by atoms with Crippen LogP contribution >= 0.6 is 0 Å². The van der Waals surface area contributed by atoms with Crippen LogP contribution in [0.2, 0.25) is 0 Å². The first-order valence-electron chi connectivity index (χ1n) is 8.88. The largest absolute Gasteiger partial charge is 0.344 e. The number of hydrogen-bond acceptors (Lipinski definition) is 4. The molecule has 1 atom stereocenters. The Balaban J connectivity index is 1.57. The summed E-state index contributed by atoms with van der Waals surface area (Å²) in [6, 6.07) is 13.7. The van der Waals surface area contributed by atoms with Crippen LogP contribution in [-0.2, 0) is 6.42 Å². The van der Waals surface area contributed by atoms with Gasteiger partial charge in [0.05, 0.1) is 17.1 Å². The normalized spacial score (nSPS) is 16.0. The van der Waals surface area contributed by atoms with Gasteiger partial charge in [-0.15, -0.1) is 5.10 Å². The molecule has 2 heterocycles. The van der Waals surface area contributed by atoms with Gasteiger partial charge in [0.25, 0.3) is 11.5 Å². The summed E-state index contributed by atoms with van der Waals surface area (Å²) in [5.41, 5.74) is 4.58. The van der Waals surface area contributed by atoms with Crippen LogP contribution < -0.4 is 10.9 Å². The zero-order chi connectivity index (χ0) is 18.5. The fraction of sp³-hybridized carbons (Fsp3) is 0.200. The van der Waals surface area contributed by atoms with Crippen LogP contribution in [0, 0.1) is 6.92 Å². The number of aromatic nitrogens is 4. The summed E-state index contributed by atoms with van der Waals surface area (Å²) in [4.78, 5) is 28.3. The molecule has 2 aromatic heterocycles. The molecule has 2 N–H and O–H groups in total. The summed E-state index contributed by atoms with van der Waals surface area (Å²) in [5, 5.41) is 11.1. The van der Waals surface area contributed by atoms with E-state index in [9.17, 15) is 9.59 Å². The molecule has 0 saturated carbocycles. The molecule has 7 nitrogen and oxygen atoms in total. The number of hydrogen-bond donors (Lipinski definition) is 2. The fourth-order valence-electron chi connectivity index (χ4n) is 3.86. The molecule has 0 bridgehead atoms. The maximum Gasteiger partial charge on any atom is 0.277 e. The van der Waals surface area contributed by atoms with Gasteiger partial charge in [0, 0.05) is 0 Å². The van der Waals surface area contributed by atoms with E-state index in [4.69, 9.17) is 0 Å². The number of carbonyl (C=O) groups is 1. The quantitative estimate of drug-likeness (QED) is 0.574. The lowest BCUT2D eigenvalue weighted by atomic mass is 10.1. The van der Waals surface area contributed by atoms with Crippen molar-refractivity contribution in [2.75, 3.05) is 0 Å². The van der Waals surface area contributed by atoms with E-state index in [1.165, 1.54) is 10.1 Å². The first kappa shape index (κ1) is 15.7. The van der Waals surface area contributed by atoms with Gasteiger partial charge in [-0.1, -0.05) is 35.5 Å². The summed E-state index contributed by atoms with van der Waals surface area (Å²) < 4.78 is 1.44. The standard InChI is InChI=1S/C20H17N5O2/c1-11-6-9-16-15(10-11)22-20(27)18-17(23-24-25(16)18)19(26)21-14-8-7-12-4-2-3-5-13(12)14/h2-6,9-10,14H,7-8H2,1H3,(H,21,26)(H,22,27). The van der Waals surface area contributed by atoms with E-state index >= 15 is 0 Å². The van der Waals surface area contributed by atoms with E-state index in [0.717, 1.165) is 24.0 Å². The molecule has 5 rings (SSSR count). The minimum Gasteiger partial charge on any atom is -0.344 e. The molecule has 7 heteroatoms. The number of nitrogens with one attached hydrogen (secondary N) is 2. The number of H-pyrrole nitrogens is 1.